The van der Waals surface area contributed by atoms with Gasteiger partial charge in [0, 0.05) is 37.9 Å². The number of phosphoric acid groups is 1. The number of phosphoric ester groups is 1. The minimum absolute atomic E-state index is 0.0969. The molecule has 0 fully saturated rings. The summed E-state index contributed by atoms with van der Waals surface area (Å²) in [5, 5.41) is 5.03. The van der Waals surface area contributed by atoms with Crippen LogP contribution in [0.5, 0.6) is 0 Å². The van der Waals surface area contributed by atoms with Gasteiger partial charge in [0.2, 0.25) is 5.91 Å². The van der Waals surface area contributed by atoms with Crippen LogP contribution in [0.2, 0.25) is 0 Å². The van der Waals surface area contributed by atoms with Gasteiger partial charge in [-0.3, -0.25) is 23.3 Å². The van der Waals surface area contributed by atoms with Crippen molar-refractivity contribution in [2.45, 2.75) is 19.3 Å². The van der Waals surface area contributed by atoms with Crippen molar-refractivity contribution >= 4 is 24.5 Å². The van der Waals surface area contributed by atoms with Gasteiger partial charge in [0.15, 0.2) is 0 Å². The molecular weight excluding hydrogens is 415 g/mol. The molecule has 31 heavy (non-hydrogen) atoms. The fraction of sp³-hybridized carbons (Fsp3) is 0.304. The third-order valence-corrected chi connectivity index (χ3v) is 6.25. The Hall–Kier alpha value is -2.57. The Labute approximate surface area is 182 Å². The van der Waals surface area contributed by atoms with Crippen molar-refractivity contribution < 1.29 is 22.9 Å². The van der Waals surface area contributed by atoms with Crippen LogP contribution in [0.15, 0.2) is 60.8 Å². The summed E-state index contributed by atoms with van der Waals surface area (Å²) in [6, 6.07) is 18.0. The van der Waals surface area contributed by atoms with Gasteiger partial charge in [0.25, 0.3) is 0 Å². The molecule has 0 atom stereocenters. The average molecular weight is 442 g/mol. The van der Waals surface area contributed by atoms with Gasteiger partial charge in [0.05, 0.1) is 18.7 Å². The molecule has 0 saturated heterocycles. The molecule has 2 aromatic carbocycles. The number of carbonyl (C=O) groups excluding carboxylic acids is 1. The summed E-state index contributed by atoms with van der Waals surface area (Å²) in [5.74, 6) is -0.0969. The smallest absolute Gasteiger partial charge is 0.356 e. The molecule has 1 N–H and O–H groups in total. The molecule has 0 saturated carbocycles. The zero-order valence-corrected chi connectivity index (χ0v) is 18.6. The maximum absolute atomic E-state index is 12.5. The molecule has 3 rings (SSSR count). The van der Waals surface area contributed by atoms with E-state index in [-0.39, 0.29) is 18.9 Å². The summed E-state index contributed by atoms with van der Waals surface area (Å²) in [6.45, 7) is 0.708. The van der Waals surface area contributed by atoms with Gasteiger partial charge in [-0.2, -0.15) is 0 Å². The molecule has 7 nitrogen and oxygen atoms in total. The highest BCUT2D eigenvalue weighted by atomic mass is 31.2. The second-order valence-electron chi connectivity index (χ2n) is 6.91. The van der Waals surface area contributed by atoms with Crippen molar-refractivity contribution in [3.8, 4) is 11.1 Å². The normalized spacial score (nSPS) is 11.5. The Kier molecular flexibility index (Phi) is 8.32. The van der Waals surface area contributed by atoms with E-state index in [9.17, 15) is 9.36 Å². The number of aromatic nitrogens is 1. The third kappa shape index (κ3) is 6.21. The summed E-state index contributed by atoms with van der Waals surface area (Å²) in [7, 11) is -0.900. The monoisotopic (exact) mass is 442 g/mol. The van der Waals surface area contributed by atoms with Crippen LogP contribution < -0.4 is 5.32 Å². The van der Waals surface area contributed by atoms with Gasteiger partial charge in [-0.1, -0.05) is 54.6 Å². The predicted molar refractivity (Wildman–Crippen MR) is 121 cm³/mol. The molecule has 0 aliphatic rings. The average Bonchev–Trinajstić information content (AvgIpc) is 2.81. The van der Waals surface area contributed by atoms with E-state index in [1.54, 1.807) is 0 Å². The summed E-state index contributed by atoms with van der Waals surface area (Å²) >= 11 is 0. The molecule has 3 aromatic rings. The van der Waals surface area contributed by atoms with E-state index < -0.39 is 7.82 Å². The summed E-state index contributed by atoms with van der Waals surface area (Å²) < 4.78 is 26.3. The van der Waals surface area contributed by atoms with Crippen LogP contribution >= 0.6 is 7.82 Å². The van der Waals surface area contributed by atoms with E-state index in [0.717, 1.165) is 27.6 Å². The first-order valence-electron chi connectivity index (χ1n) is 10.1. The minimum atomic E-state index is -3.45. The maximum Gasteiger partial charge on any atom is 0.474 e. The van der Waals surface area contributed by atoms with Crippen molar-refractivity contribution in [2.75, 3.05) is 27.4 Å². The Morgan fingerprint density at radius 1 is 1.00 bits per heavy atom. The van der Waals surface area contributed by atoms with Crippen LogP contribution in [-0.4, -0.2) is 38.3 Å². The maximum atomic E-state index is 12.5. The first-order valence-corrected chi connectivity index (χ1v) is 11.6. The highest BCUT2D eigenvalue weighted by Gasteiger charge is 2.21. The number of rotatable bonds is 11. The van der Waals surface area contributed by atoms with Crippen LogP contribution in [0.1, 0.15) is 18.5 Å². The van der Waals surface area contributed by atoms with Gasteiger partial charge in [0.1, 0.15) is 0 Å². The molecule has 8 heteroatoms. The topological polar surface area (TPSA) is 86.8 Å². The summed E-state index contributed by atoms with van der Waals surface area (Å²) in [5.41, 5.74) is 2.76. The van der Waals surface area contributed by atoms with E-state index in [4.69, 9.17) is 13.6 Å². The third-order valence-electron chi connectivity index (χ3n) is 4.86. The number of pyridine rings is 1. The lowest BCUT2D eigenvalue weighted by molar-refractivity contribution is -0.120. The largest absolute Gasteiger partial charge is 0.474 e. The Balaban J connectivity index is 1.60. The first kappa shape index (κ1) is 23.1. The van der Waals surface area contributed by atoms with Crippen LogP contribution in [0.3, 0.4) is 0 Å². The van der Waals surface area contributed by atoms with E-state index in [1.807, 2.05) is 54.7 Å². The molecule has 0 bridgehead atoms. The molecular formula is C23H27N2O5P. The fourth-order valence-corrected chi connectivity index (χ4v) is 4.00. The molecule has 0 aliphatic carbocycles. The number of nitrogens with zero attached hydrogens (tertiary/aromatic N) is 1. The van der Waals surface area contributed by atoms with Crippen LogP contribution in [0.4, 0.5) is 0 Å². The van der Waals surface area contributed by atoms with Crippen LogP contribution in [0.25, 0.3) is 21.9 Å². The molecule has 0 spiro atoms. The lowest BCUT2D eigenvalue weighted by atomic mass is 9.96. The lowest BCUT2D eigenvalue weighted by Gasteiger charge is -2.14. The molecule has 164 valence electrons. The van der Waals surface area contributed by atoms with E-state index in [2.05, 4.69) is 16.4 Å². The highest BCUT2D eigenvalue weighted by Crippen LogP contribution is 2.47. The van der Waals surface area contributed by atoms with E-state index in [0.29, 0.717) is 19.4 Å². The van der Waals surface area contributed by atoms with Crippen molar-refractivity contribution in [3.05, 3.63) is 66.5 Å². The van der Waals surface area contributed by atoms with Gasteiger partial charge >= 0.3 is 7.82 Å². The second-order valence-corrected chi connectivity index (χ2v) is 8.80. The molecule has 1 heterocycles. The minimum Gasteiger partial charge on any atom is -0.356 e. The van der Waals surface area contributed by atoms with Crippen molar-refractivity contribution in [1.29, 1.82) is 0 Å². The number of amides is 1. The summed E-state index contributed by atoms with van der Waals surface area (Å²) in [6.07, 6.45) is 3.29. The predicted octanol–water partition coefficient (Wildman–Crippen LogP) is 4.76. The standard InChI is InChI=1S/C23H27N2O5P/c1-28-31(27,29-2)30-15-9-8-14-24-22(26)16-21-23(18-10-4-3-5-11-18)20-13-7-6-12-19(20)17-25-21/h3-7,10-13,17H,8-9,14-16H2,1-2H3,(H,24,26). The Morgan fingerprint density at radius 2 is 1.71 bits per heavy atom. The van der Waals surface area contributed by atoms with Gasteiger partial charge in [-0.05, 0) is 23.8 Å². The zero-order chi connectivity index (χ0) is 22.1. The first-order chi connectivity index (χ1) is 15.1. The molecule has 1 amide bonds. The number of nitrogens with one attached hydrogen (secondary N) is 1. The van der Waals surface area contributed by atoms with Crippen molar-refractivity contribution in [1.82, 2.24) is 10.3 Å². The lowest BCUT2D eigenvalue weighted by Crippen LogP contribution is -2.26. The highest BCUT2D eigenvalue weighted by molar-refractivity contribution is 7.48. The SMILES string of the molecule is COP(=O)(OC)OCCCCNC(=O)Cc1ncc2ccccc2c1-c1ccccc1. The fourth-order valence-electron chi connectivity index (χ4n) is 3.29. The van der Waals surface area contributed by atoms with Gasteiger partial charge in [-0.15, -0.1) is 0 Å². The van der Waals surface area contributed by atoms with E-state index in [1.165, 1.54) is 14.2 Å². The number of unbranched alkanes of at least 4 members (excludes halogenated alkanes) is 1. The number of carbonyl (C=O) groups is 1. The Morgan fingerprint density at radius 3 is 2.45 bits per heavy atom. The quantitative estimate of drug-likeness (QED) is 0.340. The summed E-state index contributed by atoms with van der Waals surface area (Å²) in [4.78, 5) is 17.1. The zero-order valence-electron chi connectivity index (χ0n) is 17.7. The van der Waals surface area contributed by atoms with Gasteiger partial charge < -0.3 is 5.32 Å². The van der Waals surface area contributed by atoms with Crippen LogP contribution in [0, 0.1) is 0 Å². The molecule has 0 aliphatic heterocycles. The van der Waals surface area contributed by atoms with Crippen molar-refractivity contribution in [2.24, 2.45) is 0 Å². The second kappa shape index (κ2) is 11.2. The number of benzene rings is 2. The number of fused-ring (bicyclic) bond motifs is 1. The molecule has 0 radical (unpaired) electrons. The molecule has 0 unspecified atom stereocenters. The number of hydrogen-bond acceptors (Lipinski definition) is 6. The van der Waals surface area contributed by atoms with Crippen molar-refractivity contribution in [3.63, 3.8) is 0 Å². The number of hydrogen-bond donors (Lipinski definition) is 1. The van der Waals surface area contributed by atoms with Crippen LogP contribution in [-0.2, 0) is 29.4 Å². The van der Waals surface area contributed by atoms with E-state index >= 15 is 0 Å². The molecule has 1 aromatic heterocycles. The van der Waals surface area contributed by atoms with Gasteiger partial charge in [-0.25, -0.2) is 4.57 Å². The Bertz CT molecular complexity index is 1050.